The fourth-order valence-corrected chi connectivity index (χ4v) is 5.32. The van der Waals surface area contributed by atoms with E-state index in [1.54, 1.807) is 0 Å². The fourth-order valence-electron chi connectivity index (χ4n) is 4.45. The van der Waals surface area contributed by atoms with Crippen LogP contribution in [0.1, 0.15) is 58.3 Å². The molecule has 1 saturated carbocycles. The number of nitrogens with two attached hydrogens (primary N) is 1. The number of nitriles is 1. The molecule has 23 heavy (non-hydrogen) atoms. The highest BCUT2D eigenvalue weighted by atomic mass is 32.2. The van der Waals surface area contributed by atoms with Crippen LogP contribution in [0, 0.1) is 22.7 Å². The molecule has 3 N–H and O–H groups in total. The minimum atomic E-state index is -0.337. The molecule has 0 aromatic rings. The number of hydrogen-bond acceptors (Lipinski definition) is 4. The highest BCUT2D eigenvalue weighted by molar-refractivity contribution is 8.03. The molecule has 4 nitrogen and oxygen atoms in total. The summed E-state index contributed by atoms with van der Waals surface area (Å²) in [5.41, 5.74) is 8.90. The molecule has 1 spiro atoms. The molecule has 2 aliphatic carbocycles. The molecule has 0 saturated heterocycles. The van der Waals surface area contributed by atoms with Gasteiger partial charge in [0.15, 0.2) is 0 Å². The highest BCUT2D eigenvalue weighted by Gasteiger charge is 2.46. The molecule has 1 heterocycles. The fraction of sp³-hybridized carbons (Fsp3) is 0.667. The summed E-state index contributed by atoms with van der Waals surface area (Å²) in [4.78, 5) is 11.2. The Morgan fingerprint density at radius 3 is 2.83 bits per heavy atom. The van der Waals surface area contributed by atoms with E-state index in [0.29, 0.717) is 5.92 Å². The van der Waals surface area contributed by atoms with Gasteiger partial charge in [-0.2, -0.15) is 5.26 Å². The third-order valence-electron chi connectivity index (χ3n) is 5.53. The number of rotatable bonds is 3. The predicted octanol–water partition coefficient (Wildman–Crippen LogP) is 3.57. The van der Waals surface area contributed by atoms with Crippen LogP contribution in [0.15, 0.2) is 21.9 Å². The number of thioether (sulfide) groups is 1. The molecule has 0 aromatic heterocycles. The number of amides is 1. The van der Waals surface area contributed by atoms with Crippen molar-refractivity contribution < 1.29 is 4.79 Å². The molecule has 0 unspecified atom stereocenters. The summed E-state index contributed by atoms with van der Waals surface area (Å²) < 4.78 is 0. The van der Waals surface area contributed by atoms with E-state index in [2.05, 4.69) is 18.3 Å². The summed E-state index contributed by atoms with van der Waals surface area (Å²) in [5, 5.41) is 14.3. The van der Waals surface area contributed by atoms with Gasteiger partial charge in [-0.1, -0.05) is 37.9 Å². The standard InChI is InChI=1S/C18H25N3OS/c1-12-5-6-13-15(9-12)21-17(23-11-16(20)22)14(10-19)18(13)7-3-2-4-8-18/h12,21H,2-9,11H2,1H3,(H2,20,22)/t12-/m1/s1. The Hall–Kier alpha value is -1.41. The van der Waals surface area contributed by atoms with Gasteiger partial charge in [0.1, 0.15) is 0 Å². The van der Waals surface area contributed by atoms with Crippen molar-refractivity contribution in [3.63, 3.8) is 0 Å². The van der Waals surface area contributed by atoms with E-state index >= 15 is 0 Å². The number of carbonyl (C=O) groups is 1. The SMILES string of the molecule is C[C@@H]1CCC2=C(C1)NC(SCC(N)=O)=C(C#N)C21CCCCC1. The van der Waals surface area contributed by atoms with Crippen LogP contribution in [0.4, 0.5) is 0 Å². The van der Waals surface area contributed by atoms with Crippen LogP contribution in [-0.2, 0) is 4.79 Å². The summed E-state index contributed by atoms with van der Waals surface area (Å²) in [6, 6.07) is 2.49. The van der Waals surface area contributed by atoms with E-state index in [0.717, 1.165) is 36.3 Å². The van der Waals surface area contributed by atoms with Gasteiger partial charge in [-0.3, -0.25) is 4.79 Å². The maximum Gasteiger partial charge on any atom is 0.227 e. The van der Waals surface area contributed by atoms with E-state index in [1.807, 2.05) is 0 Å². The van der Waals surface area contributed by atoms with Crippen LogP contribution in [0.2, 0.25) is 0 Å². The van der Waals surface area contributed by atoms with Crippen LogP contribution in [0.3, 0.4) is 0 Å². The lowest BCUT2D eigenvalue weighted by Crippen LogP contribution is -2.39. The zero-order valence-corrected chi connectivity index (χ0v) is 14.6. The molecule has 0 radical (unpaired) electrons. The Balaban J connectivity index is 2.02. The molecule has 3 aliphatic rings. The summed E-state index contributed by atoms with van der Waals surface area (Å²) in [7, 11) is 0. The van der Waals surface area contributed by atoms with Crippen molar-refractivity contribution in [1.82, 2.24) is 5.32 Å². The number of primary amides is 1. The van der Waals surface area contributed by atoms with E-state index in [9.17, 15) is 10.1 Å². The number of fused-ring (bicyclic) bond motifs is 1. The van der Waals surface area contributed by atoms with Gasteiger partial charge in [0, 0.05) is 11.1 Å². The van der Waals surface area contributed by atoms with Gasteiger partial charge in [-0.05, 0) is 43.6 Å². The average molecular weight is 331 g/mol. The number of allylic oxidation sites excluding steroid dienone is 3. The van der Waals surface area contributed by atoms with E-state index < -0.39 is 0 Å². The van der Waals surface area contributed by atoms with E-state index in [1.165, 1.54) is 48.7 Å². The molecular weight excluding hydrogens is 306 g/mol. The predicted molar refractivity (Wildman–Crippen MR) is 93.0 cm³/mol. The zero-order valence-electron chi connectivity index (χ0n) is 13.8. The summed E-state index contributed by atoms with van der Waals surface area (Å²) >= 11 is 1.40. The van der Waals surface area contributed by atoms with Crippen molar-refractivity contribution in [3.05, 3.63) is 21.9 Å². The second-order valence-electron chi connectivity index (χ2n) is 7.14. The van der Waals surface area contributed by atoms with E-state index in [4.69, 9.17) is 5.73 Å². The Bertz CT molecular complexity index is 608. The molecular formula is C18H25N3OS. The van der Waals surface area contributed by atoms with Gasteiger partial charge in [0.25, 0.3) is 0 Å². The van der Waals surface area contributed by atoms with Gasteiger partial charge >= 0.3 is 0 Å². The van der Waals surface area contributed by atoms with Crippen molar-refractivity contribution >= 4 is 17.7 Å². The van der Waals surface area contributed by atoms with Crippen molar-refractivity contribution in [1.29, 1.82) is 5.26 Å². The van der Waals surface area contributed by atoms with Crippen molar-refractivity contribution in [2.24, 2.45) is 17.1 Å². The molecule has 1 fully saturated rings. The van der Waals surface area contributed by atoms with Gasteiger partial charge in [0.2, 0.25) is 5.91 Å². The number of hydrogen-bond donors (Lipinski definition) is 2. The Morgan fingerprint density at radius 2 is 2.17 bits per heavy atom. The maximum atomic E-state index is 11.2. The lowest BCUT2D eigenvalue weighted by atomic mass is 9.60. The molecule has 0 bridgehead atoms. The highest BCUT2D eigenvalue weighted by Crippen LogP contribution is 2.55. The van der Waals surface area contributed by atoms with Gasteiger partial charge in [-0.15, -0.1) is 0 Å². The normalized spacial score (nSPS) is 26.5. The lowest BCUT2D eigenvalue weighted by molar-refractivity contribution is -0.115. The molecule has 0 aromatic carbocycles. The second-order valence-corrected chi connectivity index (χ2v) is 8.13. The number of carbonyl (C=O) groups excluding carboxylic acids is 1. The van der Waals surface area contributed by atoms with Crippen LogP contribution in [0.25, 0.3) is 0 Å². The summed E-state index contributed by atoms with van der Waals surface area (Å²) in [5.74, 6) is 0.561. The number of nitrogens with zero attached hydrogens (tertiary/aromatic N) is 1. The summed E-state index contributed by atoms with van der Waals surface area (Å²) in [6.45, 7) is 2.29. The van der Waals surface area contributed by atoms with Crippen LogP contribution < -0.4 is 11.1 Å². The first-order chi connectivity index (χ1) is 11.1. The van der Waals surface area contributed by atoms with Gasteiger partial charge in [0.05, 0.1) is 22.4 Å². The molecule has 124 valence electrons. The monoisotopic (exact) mass is 331 g/mol. The minimum absolute atomic E-state index is 0.0757. The van der Waals surface area contributed by atoms with Crippen molar-refractivity contribution in [3.8, 4) is 6.07 Å². The largest absolute Gasteiger partial charge is 0.369 e. The van der Waals surface area contributed by atoms with Crippen LogP contribution in [0.5, 0.6) is 0 Å². The maximum absolute atomic E-state index is 11.2. The van der Waals surface area contributed by atoms with Crippen LogP contribution in [-0.4, -0.2) is 11.7 Å². The first-order valence-corrected chi connectivity index (χ1v) is 9.61. The molecule has 1 aliphatic heterocycles. The van der Waals surface area contributed by atoms with Gasteiger partial charge < -0.3 is 11.1 Å². The van der Waals surface area contributed by atoms with Crippen molar-refractivity contribution in [2.75, 3.05) is 5.75 Å². The molecule has 1 atom stereocenters. The first-order valence-electron chi connectivity index (χ1n) is 8.62. The molecule has 5 heteroatoms. The quantitative estimate of drug-likeness (QED) is 0.828. The smallest absolute Gasteiger partial charge is 0.227 e. The van der Waals surface area contributed by atoms with Crippen molar-refractivity contribution in [2.45, 2.75) is 58.3 Å². The van der Waals surface area contributed by atoms with E-state index in [-0.39, 0.29) is 17.1 Å². The topological polar surface area (TPSA) is 78.9 Å². The first kappa shape index (κ1) is 16.4. The Morgan fingerprint density at radius 1 is 1.43 bits per heavy atom. The Kier molecular flexibility index (Phi) is 4.72. The Labute approximate surface area is 142 Å². The second kappa shape index (κ2) is 6.60. The zero-order chi connectivity index (χ0) is 16.4. The lowest BCUT2D eigenvalue weighted by Gasteiger charge is -2.46. The third-order valence-corrected chi connectivity index (χ3v) is 6.55. The minimum Gasteiger partial charge on any atom is -0.369 e. The third kappa shape index (κ3) is 3.01. The van der Waals surface area contributed by atoms with Gasteiger partial charge in [-0.25, -0.2) is 0 Å². The average Bonchev–Trinajstić information content (AvgIpc) is 2.53. The van der Waals surface area contributed by atoms with Crippen LogP contribution >= 0.6 is 11.8 Å². The molecule has 3 rings (SSSR count). The number of nitrogens with one attached hydrogen (secondary N) is 1. The molecule has 1 amide bonds. The summed E-state index contributed by atoms with van der Waals surface area (Å²) in [6.07, 6.45) is 9.15. The number of dihydropyridines is 1.